The summed E-state index contributed by atoms with van der Waals surface area (Å²) in [6.45, 7) is 5.24. The summed E-state index contributed by atoms with van der Waals surface area (Å²) in [6, 6.07) is 6.99. The molecule has 6 nitrogen and oxygen atoms in total. The zero-order valence-electron chi connectivity index (χ0n) is 17.0. The van der Waals surface area contributed by atoms with Crippen LogP contribution in [-0.2, 0) is 14.8 Å². The molecule has 1 N–H and O–H groups in total. The average Bonchev–Trinajstić information content (AvgIpc) is 2.64. The molecule has 0 saturated carbocycles. The first kappa shape index (κ1) is 23.3. The number of carbonyl (C=O) groups excluding carboxylic acids is 1. The van der Waals surface area contributed by atoms with Crippen molar-refractivity contribution in [3.63, 3.8) is 0 Å². The number of benzene rings is 1. The smallest absolute Gasteiger partial charge is 0.232 e. The fraction of sp³-hybridized carbons (Fsp3) is 0.650. The van der Waals surface area contributed by atoms with Crippen molar-refractivity contribution in [3.8, 4) is 5.75 Å². The predicted molar refractivity (Wildman–Crippen MR) is 111 cm³/mol. The number of para-hydroxylation sites is 2. The maximum Gasteiger partial charge on any atom is 0.232 e. The second-order valence-corrected chi connectivity index (χ2v) is 8.74. The van der Waals surface area contributed by atoms with Gasteiger partial charge in [-0.05, 0) is 30.9 Å². The third-order valence-electron chi connectivity index (χ3n) is 4.65. The van der Waals surface area contributed by atoms with Crippen molar-refractivity contribution in [2.75, 3.05) is 30.8 Å². The number of hydrogen-bond acceptors (Lipinski definition) is 4. The number of methoxy groups -OCH3 is 1. The van der Waals surface area contributed by atoms with E-state index in [1.165, 1.54) is 24.1 Å². The van der Waals surface area contributed by atoms with Crippen molar-refractivity contribution in [2.45, 2.75) is 52.4 Å². The topological polar surface area (TPSA) is 75.7 Å². The van der Waals surface area contributed by atoms with Crippen LogP contribution in [0.2, 0.25) is 0 Å². The van der Waals surface area contributed by atoms with E-state index < -0.39 is 10.0 Å². The van der Waals surface area contributed by atoms with E-state index in [1.807, 2.05) is 0 Å². The van der Waals surface area contributed by atoms with Crippen LogP contribution >= 0.6 is 0 Å². The van der Waals surface area contributed by atoms with Gasteiger partial charge in [0.1, 0.15) is 5.75 Å². The first-order valence-corrected chi connectivity index (χ1v) is 11.6. The van der Waals surface area contributed by atoms with Crippen molar-refractivity contribution in [1.29, 1.82) is 0 Å². The van der Waals surface area contributed by atoms with Gasteiger partial charge in [-0.25, -0.2) is 8.42 Å². The maximum absolute atomic E-state index is 12.2. The Morgan fingerprint density at radius 1 is 1.22 bits per heavy atom. The quantitative estimate of drug-likeness (QED) is 0.551. The molecular formula is C20H34N2O4S. The molecule has 0 saturated heterocycles. The van der Waals surface area contributed by atoms with Gasteiger partial charge in [-0.3, -0.25) is 9.10 Å². The van der Waals surface area contributed by atoms with Crippen LogP contribution in [0.15, 0.2) is 24.3 Å². The lowest BCUT2D eigenvalue weighted by molar-refractivity contribution is -0.121. The van der Waals surface area contributed by atoms with Crippen LogP contribution in [0.1, 0.15) is 52.4 Å². The molecule has 1 aromatic rings. The van der Waals surface area contributed by atoms with E-state index in [0.717, 1.165) is 19.3 Å². The molecule has 0 fully saturated rings. The van der Waals surface area contributed by atoms with Gasteiger partial charge in [0.25, 0.3) is 0 Å². The van der Waals surface area contributed by atoms with E-state index in [0.29, 0.717) is 36.7 Å². The zero-order chi connectivity index (χ0) is 20.3. The Hall–Kier alpha value is -1.76. The van der Waals surface area contributed by atoms with Gasteiger partial charge in [-0.2, -0.15) is 0 Å². The van der Waals surface area contributed by atoms with Crippen molar-refractivity contribution >= 4 is 21.6 Å². The Morgan fingerprint density at radius 2 is 1.93 bits per heavy atom. The second kappa shape index (κ2) is 11.8. The summed E-state index contributed by atoms with van der Waals surface area (Å²) >= 11 is 0. The van der Waals surface area contributed by atoms with E-state index in [2.05, 4.69) is 19.2 Å². The number of unbranched alkanes of at least 4 members (excludes halogenated alkanes) is 1. The standard InChI is InChI=1S/C20H34N2O4S/c1-5-7-11-17(6-2)16-21-20(23)14-10-15-22(27(4,24)25)18-12-8-9-13-19(18)26-3/h8-9,12-13,17H,5-7,10-11,14-16H2,1-4H3,(H,21,23)/t17-/m0/s1. The molecule has 0 aromatic heterocycles. The molecule has 0 heterocycles. The third kappa shape index (κ3) is 8.20. The largest absolute Gasteiger partial charge is 0.495 e. The summed E-state index contributed by atoms with van der Waals surface area (Å²) in [4.78, 5) is 12.1. The molecule has 0 aliphatic heterocycles. The van der Waals surface area contributed by atoms with Crippen LogP contribution in [0.4, 0.5) is 5.69 Å². The summed E-state index contributed by atoms with van der Waals surface area (Å²) in [5.41, 5.74) is 0.494. The molecule has 0 aliphatic rings. The normalized spacial score (nSPS) is 12.4. The molecule has 0 bridgehead atoms. The number of nitrogens with zero attached hydrogens (tertiary/aromatic N) is 1. The Kier molecular flexibility index (Phi) is 10.2. The third-order valence-corrected chi connectivity index (χ3v) is 5.83. The summed E-state index contributed by atoms with van der Waals surface area (Å²) in [5, 5.41) is 2.99. The van der Waals surface area contributed by atoms with Gasteiger partial charge < -0.3 is 10.1 Å². The number of nitrogens with one attached hydrogen (secondary N) is 1. The maximum atomic E-state index is 12.2. The minimum Gasteiger partial charge on any atom is -0.495 e. The number of sulfonamides is 1. The van der Waals surface area contributed by atoms with Gasteiger partial charge in [0, 0.05) is 19.5 Å². The molecule has 1 atom stereocenters. The van der Waals surface area contributed by atoms with Gasteiger partial charge in [0.05, 0.1) is 19.1 Å². The molecule has 154 valence electrons. The van der Waals surface area contributed by atoms with E-state index in [9.17, 15) is 13.2 Å². The van der Waals surface area contributed by atoms with Crippen molar-refractivity contribution in [1.82, 2.24) is 5.32 Å². The monoisotopic (exact) mass is 398 g/mol. The highest BCUT2D eigenvalue weighted by atomic mass is 32.2. The Bertz CT molecular complexity index is 676. The molecule has 1 aromatic carbocycles. The van der Waals surface area contributed by atoms with Crippen LogP contribution in [-0.4, -0.2) is 40.8 Å². The lowest BCUT2D eigenvalue weighted by Gasteiger charge is -2.24. The van der Waals surface area contributed by atoms with Gasteiger partial charge in [-0.15, -0.1) is 0 Å². The van der Waals surface area contributed by atoms with Crippen LogP contribution in [0.25, 0.3) is 0 Å². The van der Waals surface area contributed by atoms with Crippen molar-refractivity contribution in [3.05, 3.63) is 24.3 Å². The fourth-order valence-electron chi connectivity index (χ4n) is 2.97. The highest BCUT2D eigenvalue weighted by Gasteiger charge is 2.20. The Balaban J connectivity index is 2.59. The van der Waals surface area contributed by atoms with Crippen LogP contribution in [0, 0.1) is 5.92 Å². The van der Waals surface area contributed by atoms with E-state index in [4.69, 9.17) is 4.74 Å². The number of rotatable bonds is 13. The molecule has 7 heteroatoms. The molecule has 0 unspecified atom stereocenters. The SMILES string of the molecule is CCCC[C@H](CC)CNC(=O)CCCN(c1ccccc1OC)S(C)(=O)=O. The average molecular weight is 399 g/mol. The van der Waals surface area contributed by atoms with Crippen LogP contribution < -0.4 is 14.4 Å². The Labute approximate surface area is 164 Å². The lowest BCUT2D eigenvalue weighted by Crippen LogP contribution is -2.33. The first-order valence-electron chi connectivity index (χ1n) is 9.70. The zero-order valence-corrected chi connectivity index (χ0v) is 17.8. The highest BCUT2D eigenvalue weighted by molar-refractivity contribution is 7.92. The summed E-state index contributed by atoms with van der Waals surface area (Å²) in [7, 11) is -1.96. The number of amides is 1. The molecule has 1 rings (SSSR count). The minimum absolute atomic E-state index is 0.0292. The molecule has 27 heavy (non-hydrogen) atoms. The van der Waals surface area contributed by atoms with E-state index >= 15 is 0 Å². The van der Waals surface area contributed by atoms with Crippen LogP contribution in [0.3, 0.4) is 0 Å². The number of ether oxygens (including phenoxy) is 1. The highest BCUT2D eigenvalue weighted by Crippen LogP contribution is 2.29. The summed E-state index contributed by atoms with van der Waals surface area (Å²) < 4.78 is 31.0. The lowest BCUT2D eigenvalue weighted by atomic mass is 9.99. The Morgan fingerprint density at radius 3 is 2.52 bits per heavy atom. The molecular weight excluding hydrogens is 364 g/mol. The summed E-state index contributed by atoms with van der Waals surface area (Å²) in [6.07, 6.45) is 6.43. The number of carbonyl (C=O) groups is 1. The van der Waals surface area contributed by atoms with Crippen molar-refractivity contribution < 1.29 is 17.9 Å². The minimum atomic E-state index is -3.47. The molecule has 1 amide bonds. The molecule has 0 aliphatic carbocycles. The van der Waals surface area contributed by atoms with Crippen LogP contribution in [0.5, 0.6) is 5.75 Å². The van der Waals surface area contributed by atoms with Gasteiger partial charge in [0.2, 0.25) is 15.9 Å². The number of hydrogen-bond donors (Lipinski definition) is 1. The number of anilines is 1. The first-order chi connectivity index (χ1) is 12.8. The molecule has 0 spiro atoms. The molecule has 0 radical (unpaired) electrons. The van der Waals surface area contributed by atoms with E-state index in [1.54, 1.807) is 24.3 Å². The van der Waals surface area contributed by atoms with Gasteiger partial charge >= 0.3 is 0 Å². The van der Waals surface area contributed by atoms with Gasteiger partial charge in [-0.1, -0.05) is 45.2 Å². The fourth-order valence-corrected chi connectivity index (χ4v) is 3.94. The van der Waals surface area contributed by atoms with E-state index in [-0.39, 0.29) is 12.5 Å². The predicted octanol–water partition coefficient (Wildman–Crippen LogP) is 3.57. The second-order valence-electron chi connectivity index (χ2n) is 6.83. The summed E-state index contributed by atoms with van der Waals surface area (Å²) in [5.74, 6) is 0.975. The van der Waals surface area contributed by atoms with Gasteiger partial charge in [0.15, 0.2) is 0 Å². The van der Waals surface area contributed by atoms with Crippen molar-refractivity contribution in [2.24, 2.45) is 5.92 Å².